The van der Waals surface area contributed by atoms with Crippen LogP contribution in [0.2, 0.25) is 0 Å². The van der Waals surface area contributed by atoms with Crippen molar-refractivity contribution in [2.24, 2.45) is 0 Å². The molecule has 1 atom stereocenters. The van der Waals surface area contributed by atoms with Gasteiger partial charge in [-0.2, -0.15) is 0 Å². The molecule has 0 bridgehead atoms. The van der Waals surface area contributed by atoms with Crippen LogP contribution < -0.4 is 5.32 Å². The summed E-state index contributed by atoms with van der Waals surface area (Å²) in [5.74, 6) is -0.483. The number of benzene rings is 1. The Balaban J connectivity index is 1.72. The summed E-state index contributed by atoms with van der Waals surface area (Å²) < 4.78 is 30.7. The van der Waals surface area contributed by atoms with E-state index in [9.17, 15) is 13.2 Å². The summed E-state index contributed by atoms with van der Waals surface area (Å²) in [6.45, 7) is 2.26. The summed E-state index contributed by atoms with van der Waals surface area (Å²) in [6.07, 6.45) is 0. The fourth-order valence-corrected chi connectivity index (χ4v) is 4.81. The monoisotopic (exact) mass is 418 g/mol. The zero-order valence-corrected chi connectivity index (χ0v) is 17.5. The molecule has 8 heteroatoms. The van der Waals surface area contributed by atoms with E-state index in [1.54, 1.807) is 23.5 Å². The number of hydrogen-bond donors (Lipinski definition) is 1. The maximum Gasteiger partial charge on any atom is 0.287 e. The molecule has 2 heterocycles. The van der Waals surface area contributed by atoms with Gasteiger partial charge in [-0.25, -0.2) is 8.42 Å². The standard InChI is InChI=1S/C20H22N2O4S2/c1-14-6-8-15(9-7-14)28(24,25)19-11-10-17(26-19)20(23)21-13-16(22(2)3)18-5-4-12-27-18/h4-12,16H,13H2,1-3H3,(H,21,23). The number of carbonyl (C=O) groups is 1. The largest absolute Gasteiger partial charge is 0.439 e. The number of hydrogen-bond acceptors (Lipinski definition) is 6. The third-order valence-corrected chi connectivity index (χ3v) is 6.97. The number of carbonyl (C=O) groups excluding carboxylic acids is 1. The Morgan fingerprint density at radius 2 is 1.86 bits per heavy atom. The van der Waals surface area contributed by atoms with Crippen molar-refractivity contribution in [3.8, 4) is 0 Å². The first-order valence-electron chi connectivity index (χ1n) is 8.68. The van der Waals surface area contributed by atoms with Crippen molar-refractivity contribution >= 4 is 27.1 Å². The molecule has 0 radical (unpaired) electrons. The van der Waals surface area contributed by atoms with Crippen molar-refractivity contribution in [2.45, 2.75) is 23.0 Å². The Kier molecular flexibility index (Phi) is 6.02. The van der Waals surface area contributed by atoms with Crippen LogP contribution in [0.15, 0.2) is 68.3 Å². The van der Waals surface area contributed by atoms with Crippen molar-refractivity contribution in [3.05, 3.63) is 70.1 Å². The minimum Gasteiger partial charge on any atom is -0.439 e. The Hall–Kier alpha value is -2.42. The number of nitrogens with zero attached hydrogens (tertiary/aromatic N) is 1. The maximum atomic E-state index is 12.7. The van der Waals surface area contributed by atoms with E-state index in [1.165, 1.54) is 24.3 Å². The maximum absolute atomic E-state index is 12.7. The molecule has 1 unspecified atom stereocenters. The molecule has 0 spiro atoms. The van der Waals surface area contributed by atoms with E-state index in [0.29, 0.717) is 6.54 Å². The minimum absolute atomic E-state index is 0.0228. The van der Waals surface area contributed by atoms with Crippen LogP contribution >= 0.6 is 11.3 Å². The van der Waals surface area contributed by atoms with Gasteiger partial charge in [0.1, 0.15) is 0 Å². The predicted octanol–water partition coefficient (Wildman–Crippen LogP) is 3.52. The van der Waals surface area contributed by atoms with Crippen LogP contribution in [-0.4, -0.2) is 39.9 Å². The van der Waals surface area contributed by atoms with E-state index >= 15 is 0 Å². The van der Waals surface area contributed by atoms with Gasteiger partial charge in [0.25, 0.3) is 5.91 Å². The van der Waals surface area contributed by atoms with Gasteiger partial charge >= 0.3 is 0 Å². The zero-order valence-electron chi connectivity index (χ0n) is 15.9. The topological polar surface area (TPSA) is 79.6 Å². The highest BCUT2D eigenvalue weighted by Gasteiger charge is 2.24. The molecule has 0 saturated heterocycles. The van der Waals surface area contributed by atoms with Crippen LogP contribution in [-0.2, 0) is 9.84 Å². The third-order valence-electron chi connectivity index (χ3n) is 4.35. The average molecular weight is 419 g/mol. The molecule has 0 saturated carbocycles. The number of likely N-dealkylation sites (N-methyl/N-ethyl adjacent to an activating group) is 1. The normalized spacial score (nSPS) is 12.9. The second-order valence-electron chi connectivity index (χ2n) is 6.64. The first kappa shape index (κ1) is 20.3. The van der Waals surface area contributed by atoms with E-state index in [2.05, 4.69) is 5.32 Å². The molecule has 1 aromatic carbocycles. The molecule has 3 rings (SSSR count). The van der Waals surface area contributed by atoms with Gasteiger partial charge in [-0.05, 0) is 56.7 Å². The van der Waals surface area contributed by atoms with Gasteiger partial charge in [0.05, 0.1) is 10.9 Å². The third kappa shape index (κ3) is 4.35. The molecule has 1 N–H and O–H groups in total. The van der Waals surface area contributed by atoms with Crippen molar-refractivity contribution in [2.75, 3.05) is 20.6 Å². The number of nitrogens with one attached hydrogen (secondary N) is 1. The lowest BCUT2D eigenvalue weighted by Crippen LogP contribution is -2.34. The van der Waals surface area contributed by atoms with Crippen LogP contribution in [0.5, 0.6) is 0 Å². The number of amides is 1. The Bertz CT molecular complexity index is 1040. The molecule has 0 fully saturated rings. The van der Waals surface area contributed by atoms with Crippen molar-refractivity contribution < 1.29 is 17.6 Å². The number of aryl methyl sites for hydroxylation is 1. The van der Waals surface area contributed by atoms with E-state index < -0.39 is 15.7 Å². The highest BCUT2D eigenvalue weighted by Crippen LogP contribution is 2.24. The number of rotatable bonds is 7. The van der Waals surface area contributed by atoms with Gasteiger partial charge in [0, 0.05) is 11.4 Å². The second kappa shape index (κ2) is 8.30. The van der Waals surface area contributed by atoms with E-state index in [1.807, 2.05) is 43.4 Å². The summed E-state index contributed by atoms with van der Waals surface area (Å²) >= 11 is 1.62. The van der Waals surface area contributed by atoms with Crippen LogP contribution in [0.4, 0.5) is 0 Å². The van der Waals surface area contributed by atoms with E-state index in [4.69, 9.17) is 4.42 Å². The molecule has 28 heavy (non-hydrogen) atoms. The minimum atomic E-state index is -3.80. The molecule has 2 aromatic heterocycles. The Morgan fingerprint density at radius 3 is 2.46 bits per heavy atom. The van der Waals surface area contributed by atoms with Crippen LogP contribution in [0.1, 0.15) is 27.0 Å². The fourth-order valence-electron chi connectivity index (χ4n) is 2.72. The van der Waals surface area contributed by atoms with Gasteiger partial charge < -0.3 is 14.6 Å². The summed E-state index contributed by atoms with van der Waals surface area (Å²) in [5.41, 5.74) is 0.958. The highest BCUT2D eigenvalue weighted by molar-refractivity contribution is 7.91. The Labute approximate surface area is 168 Å². The van der Waals surface area contributed by atoms with Crippen LogP contribution in [0.3, 0.4) is 0 Å². The summed E-state index contributed by atoms with van der Waals surface area (Å²) in [4.78, 5) is 15.7. The van der Waals surface area contributed by atoms with Gasteiger partial charge in [-0.1, -0.05) is 23.8 Å². The smallest absolute Gasteiger partial charge is 0.287 e. The lowest BCUT2D eigenvalue weighted by molar-refractivity contribution is 0.0909. The van der Waals surface area contributed by atoms with Crippen molar-refractivity contribution in [1.29, 1.82) is 0 Å². The first-order valence-corrected chi connectivity index (χ1v) is 11.0. The van der Waals surface area contributed by atoms with E-state index in [-0.39, 0.29) is 21.8 Å². The molecule has 0 aliphatic rings. The summed E-state index contributed by atoms with van der Waals surface area (Å²) in [6, 6.07) is 13.2. The molecule has 148 valence electrons. The van der Waals surface area contributed by atoms with Crippen LogP contribution in [0, 0.1) is 6.92 Å². The molecular weight excluding hydrogens is 396 g/mol. The van der Waals surface area contributed by atoms with Crippen molar-refractivity contribution in [3.63, 3.8) is 0 Å². The second-order valence-corrected chi connectivity index (χ2v) is 9.50. The highest BCUT2D eigenvalue weighted by atomic mass is 32.2. The van der Waals surface area contributed by atoms with Gasteiger partial charge in [-0.15, -0.1) is 11.3 Å². The Morgan fingerprint density at radius 1 is 1.14 bits per heavy atom. The fraction of sp³-hybridized carbons (Fsp3) is 0.250. The number of thiophene rings is 1. The van der Waals surface area contributed by atoms with Gasteiger partial charge in [0.15, 0.2) is 5.76 Å². The molecule has 3 aromatic rings. The predicted molar refractivity (Wildman–Crippen MR) is 108 cm³/mol. The average Bonchev–Trinajstić information content (AvgIpc) is 3.34. The quantitative estimate of drug-likeness (QED) is 0.635. The SMILES string of the molecule is Cc1ccc(S(=O)(=O)c2ccc(C(=O)NCC(c3cccs3)N(C)C)o2)cc1. The first-order chi connectivity index (χ1) is 13.3. The summed E-state index contributed by atoms with van der Waals surface area (Å²) in [7, 11) is 0.0785. The van der Waals surface area contributed by atoms with Crippen LogP contribution in [0.25, 0.3) is 0 Å². The zero-order chi connectivity index (χ0) is 20.3. The van der Waals surface area contributed by atoms with E-state index in [0.717, 1.165) is 10.4 Å². The van der Waals surface area contributed by atoms with Crippen molar-refractivity contribution in [1.82, 2.24) is 10.2 Å². The molecule has 0 aliphatic carbocycles. The summed E-state index contributed by atoms with van der Waals surface area (Å²) in [5, 5.41) is 4.56. The van der Waals surface area contributed by atoms with Gasteiger partial charge in [0.2, 0.25) is 14.9 Å². The number of sulfone groups is 1. The molecule has 0 aliphatic heterocycles. The number of furan rings is 1. The molecule has 1 amide bonds. The lowest BCUT2D eigenvalue weighted by Gasteiger charge is -2.23. The molecule has 6 nitrogen and oxygen atoms in total. The lowest BCUT2D eigenvalue weighted by atomic mass is 10.2. The molecular formula is C20H22N2O4S2. The van der Waals surface area contributed by atoms with Gasteiger partial charge in [-0.3, -0.25) is 4.79 Å².